The molecule has 0 N–H and O–H groups in total. The zero-order chi connectivity index (χ0) is 23.1. The molecule has 33 heavy (non-hydrogen) atoms. The Balaban J connectivity index is 1.70. The molecule has 1 atom stereocenters. The average Bonchev–Trinajstić information content (AvgIpc) is 3.05. The molecule has 4 aromatic rings. The van der Waals surface area contributed by atoms with Gasteiger partial charge < -0.3 is 4.90 Å². The van der Waals surface area contributed by atoms with E-state index in [2.05, 4.69) is 22.9 Å². The van der Waals surface area contributed by atoms with Gasteiger partial charge in [0.05, 0.1) is 22.5 Å². The third kappa shape index (κ3) is 3.78. The summed E-state index contributed by atoms with van der Waals surface area (Å²) in [5, 5.41) is 0.566. The second-order valence-electron chi connectivity index (χ2n) is 8.47. The van der Waals surface area contributed by atoms with Crippen LogP contribution in [0, 0.1) is 6.92 Å². The monoisotopic (exact) mass is 501 g/mol. The highest BCUT2D eigenvalue weighted by molar-refractivity contribution is 9.10. The quantitative estimate of drug-likeness (QED) is 0.360. The molecule has 1 aromatic heterocycles. The van der Waals surface area contributed by atoms with Crippen molar-refractivity contribution in [3.63, 3.8) is 0 Å². The minimum absolute atomic E-state index is 0.0585. The number of benzene rings is 3. The van der Waals surface area contributed by atoms with Gasteiger partial charge in [-0.2, -0.15) is 0 Å². The number of halogens is 1. The Kier molecular flexibility index (Phi) is 5.62. The van der Waals surface area contributed by atoms with E-state index in [1.165, 1.54) is 0 Å². The average molecular weight is 502 g/mol. The Bertz CT molecular complexity index is 1440. The molecule has 0 unspecified atom stereocenters. The second-order valence-corrected chi connectivity index (χ2v) is 9.39. The lowest BCUT2D eigenvalue weighted by molar-refractivity contribution is -0.119. The molecule has 0 fully saturated rings. The van der Waals surface area contributed by atoms with Crippen LogP contribution < -0.4 is 10.5 Å². The molecular weight excluding hydrogens is 478 g/mol. The maximum atomic E-state index is 13.6. The number of carbonyl (C=O) groups excluding carboxylic acids is 1. The van der Waals surface area contributed by atoms with E-state index in [4.69, 9.17) is 4.98 Å². The highest BCUT2D eigenvalue weighted by Crippen LogP contribution is 2.40. The molecule has 1 aliphatic heterocycles. The van der Waals surface area contributed by atoms with Gasteiger partial charge in [-0.25, -0.2) is 4.98 Å². The first-order chi connectivity index (χ1) is 16.0. The zero-order valence-corrected chi connectivity index (χ0v) is 20.2. The lowest BCUT2D eigenvalue weighted by Crippen LogP contribution is -2.31. The minimum Gasteiger partial charge on any atom is -0.312 e. The van der Waals surface area contributed by atoms with E-state index in [1.807, 2.05) is 72.5 Å². The van der Waals surface area contributed by atoms with Crippen LogP contribution in [0.25, 0.3) is 16.6 Å². The molecule has 2 heterocycles. The van der Waals surface area contributed by atoms with Gasteiger partial charge in [-0.1, -0.05) is 47.1 Å². The second kappa shape index (κ2) is 8.60. The summed E-state index contributed by atoms with van der Waals surface area (Å²) in [6.07, 6.45) is 1.21. The highest BCUT2D eigenvalue weighted by atomic mass is 79.9. The van der Waals surface area contributed by atoms with Crippen molar-refractivity contribution in [3.05, 3.63) is 98.5 Å². The molecule has 3 aromatic carbocycles. The predicted octanol–water partition coefficient (Wildman–Crippen LogP) is 5.54. The first-order valence-corrected chi connectivity index (χ1v) is 12.0. The number of amides is 1. The van der Waals surface area contributed by atoms with Crippen molar-refractivity contribution in [1.82, 2.24) is 9.55 Å². The zero-order valence-electron chi connectivity index (χ0n) is 18.6. The molecule has 0 saturated carbocycles. The van der Waals surface area contributed by atoms with Gasteiger partial charge in [0.25, 0.3) is 5.56 Å². The fraction of sp³-hybridized carbons (Fsp3) is 0.222. The number of nitrogens with zero attached hydrogens (tertiary/aromatic N) is 3. The standard InChI is InChI=1S/C27H24BrN3O2/c1-3-13-30-24-12-11-18(28)15-21(24)22(26(30)32)16-25-29-23-10-5-4-9-20(23)27(33)31(25)19-8-6-7-17(2)14-19/h4-12,14-15,22H,3,13,16H2,1-2H3/t22-/m0/s1. The fourth-order valence-corrected chi connectivity index (χ4v) is 5.05. The Labute approximate surface area is 200 Å². The van der Waals surface area contributed by atoms with Gasteiger partial charge in [0.15, 0.2) is 0 Å². The lowest BCUT2D eigenvalue weighted by atomic mass is 9.96. The van der Waals surface area contributed by atoms with Crippen molar-refractivity contribution in [1.29, 1.82) is 0 Å². The molecule has 0 bridgehead atoms. The van der Waals surface area contributed by atoms with Gasteiger partial charge in [0.2, 0.25) is 5.91 Å². The maximum absolute atomic E-state index is 13.6. The number of rotatable bonds is 5. The number of fused-ring (bicyclic) bond motifs is 2. The molecule has 166 valence electrons. The summed E-state index contributed by atoms with van der Waals surface area (Å²) in [6.45, 7) is 4.73. The Hall–Kier alpha value is -3.25. The van der Waals surface area contributed by atoms with Gasteiger partial charge in [0.1, 0.15) is 5.82 Å². The molecular formula is C27H24BrN3O2. The van der Waals surface area contributed by atoms with Crippen LogP contribution in [0.15, 0.2) is 76.0 Å². The molecule has 0 saturated heterocycles. The van der Waals surface area contributed by atoms with Crippen molar-refractivity contribution in [2.45, 2.75) is 32.6 Å². The van der Waals surface area contributed by atoms with E-state index in [-0.39, 0.29) is 11.5 Å². The van der Waals surface area contributed by atoms with Crippen LogP contribution in [0.5, 0.6) is 0 Å². The predicted molar refractivity (Wildman–Crippen MR) is 135 cm³/mol. The van der Waals surface area contributed by atoms with E-state index < -0.39 is 5.92 Å². The number of carbonyl (C=O) groups is 1. The van der Waals surface area contributed by atoms with Crippen molar-refractivity contribution in [2.24, 2.45) is 0 Å². The summed E-state index contributed by atoms with van der Waals surface area (Å²) < 4.78 is 2.60. The molecule has 0 spiro atoms. The molecule has 5 nitrogen and oxygen atoms in total. The Morgan fingerprint density at radius 3 is 2.61 bits per heavy atom. The largest absolute Gasteiger partial charge is 0.312 e. The number of hydrogen-bond acceptors (Lipinski definition) is 3. The number of aromatic nitrogens is 2. The highest BCUT2D eigenvalue weighted by Gasteiger charge is 2.38. The van der Waals surface area contributed by atoms with Gasteiger partial charge >= 0.3 is 0 Å². The van der Waals surface area contributed by atoms with Crippen molar-refractivity contribution < 1.29 is 4.79 Å². The first kappa shape index (κ1) is 21.6. The molecule has 0 aliphatic carbocycles. The van der Waals surface area contributed by atoms with Crippen LogP contribution in [-0.4, -0.2) is 22.0 Å². The van der Waals surface area contributed by atoms with E-state index in [0.717, 1.165) is 33.4 Å². The van der Waals surface area contributed by atoms with Crippen LogP contribution in [0.3, 0.4) is 0 Å². The topological polar surface area (TPSA) is 55.2 Å². The third-order valence-corrected chi connectivity index (χ3v) is 6.65. The van der Waals surface area contributed by atoms with Crippen LogP contribution in [0.1, 0.15) is 36.2 Å². The SMILES string of the molecule is CCCN1C(=O)[C@@H](Cc2nc3ccccc3c(=O)n2-c2cccc(C)c2)c2cc(Br)ccc21. The summed E-state index contributed by atoms with van der Waals surface area (Å²) in [6, 6.07) is 21.2. The number of hydrogen-bond donors (Lipinski definition) is 0. The van der Waals surface area contributed by atoms with Crippen molar-refractivity contribution in [2.75, 3.05) is 11.4 Å². The lowest BCUT2D eigenvalue weighted by Gasteiger charge is -2.18. The number of anilines is 1. The summed E-state index contributed by atoms with van der Waals surface area (Å²) in [4.78, 5) is 33.9. The minimum atomic E-state index is -0.395. The fourth-order valence-electron chi connectivity index (χ4n) is 4.67. The number of para-hydroxylation sites is 1. The molecule has 1 amide bonds. The van der Waals surface area contributed by atoms with Crippen LogP contribution in [0.2, 0.25) is 0 Å². The van der Waals surface area contributed by atoms with Gasteiger partial charge in [0, 0.05) is 23.1 Å². The van der Waals surface area contributed by atoms with E-state index in [9.17, 15) is 9.59 Å². The summed E-state index contributed by atoms with van der Waals surface area (Å²) in [5.74, 6) is 0.253. The molecule has 6 heteroatoms. The van der Waals surface area contributed by atoms with E-state index >= 15 is 0 Å². The summed E-state index contributed by atoms with van der Waals surface area (Å²) in [7, 11) is 0. The molecule has 1 aliphatic rings. The third-order valence-electron chi connectivity index (χ3n) is 6.16. The Morgan fingerprint density at radius 1 is 1.00 bits per heavy atom. The van der Waals surface area contributed by atoms with Crippen LogP contribution in [-0.2, 0) is 11.2 Å². The van der Waals surface area contributed by atoms with E-state index in [0.29, 0.717) is 29.7 Å². The summed E-state index contributed by atoms with van der Waals surface area (Å²) in [5.41, 5.74) is 4.26. The molecule has 5 rings (SSSR count). The van der Waals surface area contributed by atoms with Crippen LogP contribution in [0.4, 0.5) is 5.69 Å². The smallest absolute Gasteiger partial charge is 0.265 e. The van der Waals surface area contributed by atoms with Gasteiger partial charge in [-0.15, -0.1) is 0 Å². The van der Waals surface area contributed by atoms with Crippen molar-refractivity contribution >= 4 is 38.4 Å². The van der Waals surface area contributed by atoms with Crippen molar-refractivity contribution in [3.8, 4) is 5.69 Å². The first-order valence-electron chi connectivity index (χ1n) is 11.2. The van der Waals surface area contributed by atoms with Gasteiger partial charge in [-0.3, -0.25) is 14.2 Å². The number of aryl methyl sites for hydroxylation is 1. The van der Waals surface area contributed by atoms with Crippen LogP contribution >= 0.6 is 15.9 Å². The van der Waals surface area contributed by atoms with E-state index in [1.54, 1.807) is 10.6 Å². The molecule has 0 radical (unpaired) electrons. The summed E-state index contributed by atoms with van der Waals surface area (Å²) >= 11 is 3.56. The van der Waals surface area contributed by atoms with Gasteiger partial charge in [-0.05, 0) is 66.9 Å². The Morgan fingerprint density at radius 2 is 1.82 bits per heavy atom. The normalized spacial score (nSPS) is 15.3. The maximum Gasteiger partial charge on any atom is 0.265 e.